The summed E-state index contributed by atoms with van der Waals surface area (Å²) in [5.41, 5.74) is 4.58. The summed E-state index contributed by atoms with van der Waals surface area (Å²) in [6, 6.07) is 12.4. The molecule has 2 aromatic heterocycles. The molecule has 0 radical (unpaired) electrons. The first kappa shape index (κ1) is 10.3. The van der Waals surface area contributed by atoms with Gasteiger partial charge in [-0.2, -0.15) is 0 Å². The monoisotopic (exact) mass is 240 g/mol. The minimum absolute atomic E-state index is 1.02. The van der Waals surface area contributed by atoms with Gasteiger partial charge in [0.15, 0.2) is 0 Å². The highest BCUT2D eigenvalue weighted by Crippen LogP contribution is 2.34. The van der Waals surface area contributed by atoms with Gasteiger partial charge in [0.05, 0.1) is 22.6 Å². The van der Waals surface area contributed by atoms with E-state index in [1.165, 1.54) is 10.4 Å². The lowest BCUT2D eigenvalue weighted by molar-refractivity contribution is 1.31. The van der Waals surface area contributed by atoms with E-state index >= 15 is 0 Å². The van der Waals surface area contributed by atoms with Crippen LogP contribution in [-0.4, -0.2) is 9.97 Å². The molecule has 0 unspecified atom stereocenters. The van der Waals surface area contributed by atoms with Gasteiger partial charge in [0.1, 0.15) is 0 Å². The number of aromatic amines is 1. The number of aryl methyl sites for hydroxylation is 1. The number of thiophene rings is 1. The number of H-pyrrole nitrogens is 1. The van der Waals surface area contributed by atoms with Crippen LogP contribution in [0.5, 0.6) is 0 Å². The third-order valence-corrected chi connectivity index (χ3v) is 3.81. The second-order valence-corrected chi connectivity index (χ2v) is 4.84. The highest BCUT2D eigenvalue weighted by molar-refractivity contribution is 7.13. The van der Waals surface area contributed by atoms with Crippen molar-refractivity contribution in [3.05, 3.63) is 53.7 Å². The molecule has 3 aromatic rings. The number of aromatic nitrogens is 2. The van der Waals surface area contributed by atoms with E-state index in [2.05, 4.69) is 40.5 Å². The molecular weight excluding hydrogens is 228 g/mol. The van der Waals surface area contributed by atoms with Gasteiger partial charge < -0.3 is 4.98 Å². The van der Waals surface area contributed by atoms with E-state index in [0.29, 0.717) is 0 Å². The summed E-state index contributed by atoms with van der Waals surface area (Å²) >= 11 is 1.74. The summed E-state index contributed by atoms with van der Waals surface area (Å²) in [5.74, 6) is 0. The fourth-order valence-electron chi connectivity index (χ4n) is 1.91. The van der Waals surface area contributed by atoms with Gasteiger partial charge in [-0.05, 0) is 23.9 Å². The molecule has 0 atom stereocenters. The van der Waals surface area contributed by atoms with Crippen LogP contribution in [0.2, 0.25) is 0 Å². The molecule has 1 aromatic carbocycles. The molecule has 0 saturated heterocycles. The number of nitrogens with one attached hydrogen (secondary N) is 1. The van der Waals surface area contributed by atoms with E-state index in [0.717, 1.165) is 17.0 Å². The smallest absolute Gasteiger partial charge is 0.0969 e. The molecular formula is C14H12N2S. The number of imidazole rings is 1. The third kappa shape index (κ3) is 1.78. The molecule has 1 N–H and O–H groups in total. The number of hydrogen-bond donors (Lipinski definition) is 1. The first-order valence-corrected chi connectivity index (χ1v) is 6.37. The minimum atomic E-state index is 1.02. The van der Waals surface area contributed by atoms with Crippen molar-refractivity contribution in [1.29, 1.82) is 0 Å². The molecule has 0 aliphatic carbocycles. The van der Waals surface area contributed by atoms with Crippen molar-refractivity contribution in [2.75, 3.05) is 0 Å². The largest absolute Gasteiger partial charge is 0.343 e. The maximum absolute atomic E-state index is 4.43. The fourth-order valence-corrected chi connectivity index (χ4v) is 2.85. The van der Waals surface area contributed by atoms with Crippen LogP contribution in [0.25, 0.3) is 21.8 Å². The van der Waals surface area contributed by atoms with E-state index in [4.69, 9.17) is 0 Å². The van der Waals surface area contributed by atoms with Crippen molar-refractivity contribution in [2.24, 2.45) is 0 Å². The molecule has 0 aliphatic rings. The fraction of sp³-hybridized carbons (Fsp3) is 0.0714. The average molecular weight is 240 g/mol. The molecule has 0 spiro atoms. The van der Waals surface area contributed by atoms with Crippen LogP contribution in [0.15, 0.2) is 48.1 Å². The van der Waals surface area contributed by atoms with E-state index in [9.17, 15) is 0 Å². The van der Waals surface area contributed by atoms with Crippen molar-refractivity contribution >= 4 is 11.3 Å². The summed E-state index contributed by atoms with van der Waals surface area (Å²) in [4.78, 5) is 8.95. The summed E-state index contributed by atoms with van der Waals surface area (Å²) < 4.78 is 0. The quantitative estimate of drug-likeness (QED) is 0.717. The normalized spacial score (nSPS) is 10.6. The third-order valence-electron chi connectivity index (χ3n) is 2.78. The van der Waals surface area contributed by atoms with E-state index in [1.54, 1.807) is 17.7 Å². The predicted molar refractivity (Wildman–Crippen MR) is 72.1 cm³/mol. The lowest BCUT2D eigenvalue weighted by Crippen LogP contribution is -1.82. The number of rotatable bonds is 2. The maximum Gasteiger partial charge on any atom is 0.0969 e. The van der Waals surface area contributed by atoms with Gasteiger partial charge in [0.25, 0.3) is 0 Å². The van der Waals surface area contributed by atoms with Gasteiger partial charge in [0.2, 0.25) is 0 Å². The van der Waals surface area contributed by atoms with Gasteiger partial charge in [-0.25, -0.2) is 4.98 Å². The van der Waals surface area contributed by atoms with Crippen LogP contribution in [0.1, 0.15) is 5.56 Å². The van der Waals surface area contributed by atoms with Crippen molar-refractivity contribution in [3.63, 3.8) is 0 Å². The zero-order chi connectivity index (χ0) is 11.7. The van der Waals surface area contributed by atoms with Gasteiger partial charge in [0, 0.05) is 5.56 Å². The highest BCUT2D eigenvalue weighted by atomic mass is 32.1. The van der Waals surface area contributed by atoms with Crippen LogP contribution < -0.4 is 0 Å². The van der Waals surface area contributed by atoms with Crippen LogP contribution in [-0.2, 0) is 0 Å². The number of benzene rings is 1. The highest BCUT2D eigenvalue weighted by Gasteiger charge is 2.12. The Bertz CT molecular complexity index is 622. The molecule has 3 rings (SSSR count). The molecule has 17 heavy (non-hydrogen) atoms. The Morgan fingerprint density at radius 3 is 2.65 bits per heavy atom. The Hall–Kier alpha value is -1.87. The zero-order valence-electron chi connectivity index (χ0n) is 9.47. The van der Waals surface area contributed by atoms with Gasteiger partial charge in [-0.1, -0.05) is 30.3 Å². The van der Waals surface area contributed by atoms with Gasteiger partial charge in [-0.3, -0.25) is 0 Å². The molecule has 0 bridgehead atoms. The molecule has 0 aliphatic heterocycles. The molecule has 2 heterocycles. The van der Waals surface area contributed by atoms with Crippen molar-refractivity contribution < 1.29 is 0 Å². The average Bonchev–Trinajstić information content (AvgIpc) is 2.98. The molecule has 0 amide bonds. The van der Waals surface area contributed by atoms with Crippen LogP contribution >= 0.6 is 11.3 Å². The second-order valence-electron chi connectivity index (χ2n) is 3.92. The Labute approximate surface area is 104 Å². The van der Waals surface area contributed by atoms with Crippen molar-refractivity contribution in [1.82, 2.24) is 9.97 Å². The van der Waals surface area contributed by atoms with E-state index in [1.807, 2.05) is 18.2 Å². The van der Waals surface area contributed by atoms with Crippen molar-refractivity contribution in [3.8, 4) is 21.8 Å². The van der Waals surface area contributed by atoms with Crippen LogP contribution in [0.4, 0.5) is 0 Å². The Morgan fingerprint density at radius 1 is 1.12 bits per heavy atom. The zero-order valence-corrected chi connectivity index (χ0v) is 10.3. The lowest BCUT2D eigenvalue weighted by atomic mass is 10.1. The predicted octanol–water partition coefficient (Wildman–Crippen LogP) is 4.11. The summed E-state index contributed by atoms with van der Waals surface area (Å²) in [6.45, 7) is 2.13. The molecule has 2 nitrogen and oxygen atoms in total. The Morgan fingerprint density at radius 2 is 1.94 bits per heavy atom. The van der Waals surface area contributed by atoms with E-state index in [-0.39, 0.29) is 0 Å². The minimum Gasteiger partial charge on any atom is -0.343 e. The molecule has 0 fully saturated rings. The topological polar surface area (TPSA) is 28.7 Å². The van der Waals surface area contributed by atoms with Crippen LogP contribution in [0, 0.1) is 6.92 Å². The summed E-state index contributed by atoms with van der Waals surface area (Å²) in [6.07, 6.45) is 1.76. The first-order valence-electron chi connectivity index (χ1n) is 5.49. The Balaban J connectivity index is 2.16. The van der Waals surface area contributed by atoms with Gasteiger partial charge >= 0.3 is 0 Å². The standard InChI is InChI=1S/C14H12N2S/c1-10-7-8-17-14(10)13-12(15-9-16-13)11-5-3-2-4-6-11/h2-9H,1H3,(H,15,16). The first-order chi connectivity index (χ1) is 8.36. The number of hydrogen-bond acceptors (Lipinski definition) is 2. The van der Waals surface area contributed by atoms with Crippen LogP contribution in [0.3, 0.4) is 0 Å². The summed E-state index contributed by atoms with van der Waals surface area (Å²) in [5, 5.41) is 2.11. The SMILES string of the molecule is Cc1ccsc1-c1[nH]cnc1-c1ccccc1. The summed E-state index contributed by atoms with van der Waals surface area (Å²) in [7, 11) is 0. The van der Waals surface area contributed by atoms with Crippen molar-refractivity contribution in [2.45, 2.75) is 6.92 Å². The second kappa shape index (κ2) is 4.18. The molecule has 84 valence electrons. The Kier molecular flexibility index (Phi) is 2.53. The number of nitrogens with zero attached hydrogens (tertiary/aromatic N) is 1. The lowest BCUT2D eigenvalue weighted by Gasteiger charge is -2.02. The maximum atomic E-state index is 4.43. The molecule has 3 heteroatoms. The van der Waals surface area contributed by atoms with Gasteiger partial charge in [-0.15, -0.1) is 11.3 Å². The van der Waals surface area contributed by atoms with E-state index < -0.39 is 0 Å². The molecule has 0 saturated carbocycles.